The maximum atomic E-state index is 11.6. The van der Waals surface area contributed by atoms with E-state index in [9.17, 15) is 4.79 Å². The molecule has 0 saturated heterocycles. The van der Waals surface area contributed by atoms with Gasteiger partial charge in [-0.25, -0.2) is 4.79 Å². The summed E-state index contributed by atoms with van der Waals surface area (Å²) in [6.45, 7) is 0. The fourth-order valence-corrected chi connectivity index (χ4v) is 2.12. The predicted octanol–water partition coefficient (Wildman–Crippen LogP) is 4.11. The Morgan fingerprint density at radius 2 is 1.95 bits per heavy atom. The number of benzene rings is 2. The van der Waals surface area contributed by atoms with Crippen molar-refractivity contribution in [3.8, 4) is 0 Å². The van der Waals surface area contributed by atoms with E-state index < -0.39 is 5.97 Å². The van der Waals surface area contributed by atoms with Crippen molar-refractivity contribution >= 4 is 46.2 Å². The first-order valence-electron chi connectivity index (χ1n) is 5.71. The normalized spacial score (nSPS) is 10.2. The Kier molecular flexibility index (Phi) is 4.37. The van der Waals surface area contributed by atoms with Crippen LogP contribution < -0.4 is 11.1 Å². The molecule has 0 fully saturated rings. The van der Waals surface area contributed by atoms with E-state index >= 15 is 0 Å². The minimum Gasteiger partial charge on any atom is -0.465 e. The number of esters is 1. The molecular formula is C14H12Cl2N2O2. The van der Waals surface area contributed by atoms with Crippen LogP contribution >= 0.6 is 23.2 Å². The summed E-state index contributed by atoms with van der Waals surface area (Å²) >= 11 is 11.9. The monoisotopic (exact) mass is 310 g/mol. The highest BCUT2D eigenvalue weighted by molar-refractivity contribution is 6.36. The number of hydrogen-bond donors (Lipinski definition) is 2. The van der Waals surface area contributed by atoms with E-state index in [1.165, 1.54) is 7.11 Å². The van der Waals surface area contributed by atoms with Crippen LogP contribution in [0.5, 0.6) is 0 Å². The SMILES string of the molecule is COC(=O)c1cc(Nc2ccc(Cl)cc2Cl)ccc1N. The topological polar surface area (TPSA) is 64.3 Å². The van der Waals surface area contributed by atoms with Gasteiger partial charge >= 0.3 is 5.97 Å². The molecule has 6 heteroatoms. The van der Waals surface area contributed by atoms with Gasteiger partial charge in [-0.2, -0.15) is 0 Å². The van der Waals surface area contributed by atoms with Gasteiger partial charge in [0, 0.05) is 16.4 Å². The van der Waals surface area contributed by atoms with Crippen LogP contribution in [0, 0.1) is 0 Å². The number of anilines is 3. The standard InChI is InChI=1S/C14H12Cl2N2O2/c1-20-14(19)10-7-9(3-4-12(10)17)18-13-5-2-8(15)6-11(13)16/h2-7,18H,17H2,1H3. The number of methoxy groups -OCH3 is 1. The lowest BCUT2D eigenvalue weighted by Gasteiger charge is -2.11. The molecule has 20 heavy (non-hydrogen) atoms. The molecule has 0 spiro atoms. The Morgan fingerprint density at radius 3 is 2.60 bits per heavy atom. The number of carbonyl (C=O) groups is 1. The zero-order valence-electron chi connectivity index (χ0n) is 10.6. The number of hydrogen-bond acceptors (Lipinski definition) is 4. The molecule has 0 atom stereocenters. The summed E-state index contributed by atoms with van der Waals surface area (Å²) in [6, 6.07) is 10.1. The van der Waals surface area contributed by atoms with Crippen LogP contribution in [0.2, 0.25) is 10.0 Å². The molecule has 104 valence electrons. The minimum atomic E-state index is -0.492. The second kappa shape index (κ2) is 6.03. The van der Waals surface area contributed by atoms with Crippen molar-refractivity contribution in [2.75, 3.05) is 18.2 Å². The third kappa shape index (κ3) is 3.15. The van der Waals surface area contributed by atoms with E-state index in [2.05, 4.69) is 10.1 Å². The van der Waals surface area contributed by atoms with Gasteiger partial charge in [0.1, 0.15) is 0 Å². The molecular weight excluding hydrogens is 299 g/mol. The molecule has 0 aliphatic carbocycles. The van der Waals surface area contributed by atoms with E-state index in [1.54, 1.807) is 36.4 Å². The highest BCUT2D eigenvalue weighted by Crippen LogP contribution is 2.29. The second-order valence-corrected chi connectivity index (χ2v) is 4.89. The smallest absolute Gasteiger partial charge is 0.340 e. The summed E-state index contributed by atoms with van der Waals surface area (Å²) in [5.41, 5.74) is 7.73. The molecule has 3 N–H and O–H groups in total. The van der Waals surface area contributed by atoms with Gasteiger partial charge in [-0.3, -0.25) is 0 Å². The van der Waals surface area contributed by atoms with Gasteiger partial charge in [-0.1, -0.05) is 23.2 Å². The molecule has 4 nitrogen and oxygen atoms in total. The van der Waals surface area contributed by atoms with Crippen molar-refractivity contribution in [1.29, 1.82) is 0 Å². The van der Waals surface area contributed by atoms with Crippen molar-refractivity contribution in [3.63, 3.8) is 0 Å². The third-order valence-corrected chi connectivity index (χ3v) is 3.22. The highest BCUT2D eigenvalue weighted by atomic mass is 35.5. The number of nitrogens with one attached hydrogen (secondary N) is 1. The molecule has 0 radical (unpaired) electrons. The Labute approximate surface area is 126 Å². The largest absolute Gasteiger partial charge is 0.465 e. The molecule has 0 bridgehead atoms. The van der Waals surface area contributed by atoms with Gasteiger partial charge in [0.2, 0.25) is 0 Å². The number of ether oxygens (including phenoxy) is 1. The lowest BCUT2D eigenvalue weighted by atomic mass is 10.1. The number of nitrogens with two attached hydrogens (primary N) is 1. The molecule has 0 aliphatic heterocycles. The van der Waals surface area contributed by atoms with Gasteiger partial charge < -0.3 is 15.8 Å². The fourth-order valence-electron chi connectivity index (χ4n) is 1.67. The van der Waals surface area contributed by atoms with E-state index in [4.69, 9.17) is 28.9 Å². The summed E-state index contributed by atoms with van der Waals surface area (Å²) in [5.74, 6) is -0.492. The Morgan fingerprint density at radius 1 is 1.20 bits per heavy atom. The molecule has 0 heterocycles. The van der Waals surface area contributed by atoms with Gasteiger partial charge in [0.25, 0.3) is 0 Å². The molecule has 2 rings (SSSR count). The summed E-state index contributed by atoms with van der Waals surface area (Å²) in [7, 11) is 1.30. The maximum absolute atomic E-state index is 11.6. The van der Waals surface area contributed by atoms with Crippen molar-refractivity contribution in [1.82, 2.24) is 0 Å². The highest BCUT2D eigenvalue weighted by Gasteiger charge is 2.11. The average Bonchev–Trinajstić information content (AvgIpc) is 2.43. The van der Waals surface area contributed by atoms with Crippen molar-refractivity contribution in [3.05, 3.63) is 52.0 Å². The number of halogens is 2. The van der Waals surface area contributed by atoms with E-state index in [0.717, 1.165) is 0 Å². The van der Waals surface area contributed by atoms with Crippen LogP contribution in [0.1, 0.15) is 10.4 Å². The van der Waals surface area contributed by atoms with Crippen molar-refractivity contribution in [2.24, 2.45) is 0 Å². The minimum absolute atomic E-state index is 0.294. The molecule has 0 unspecified atom stereocenters. The predicted molar refractivity (Wildman–Crippen MR) is 81.9 cm³/mol. The lowest BCUT2D eigenvalue weighted by Crippen LogP contribution is -2.06. The molecule has 2 aromatic rings. The first kappa shape index (κ1) is 14.5. The zero-order valence-corrected chi connectivity index (χ0v) is 12.1. The first-order chi connectivity index (χ1) is 9.51. The molecule has 2 aromatic carbocycles. The van der Waals surface area contributed by atoms with Crippen LogP contribution in [0.25, 0.3) is 0 Å². The number of rotatable bonds is 3. The van der Waals surface area contributed by atoms with Crippen LogP contribution in [0.3, 0.4) is 0 Å². The third-order valence-electron chi connectivity index (χ3n) is 2.67. The van der Waals surface area contributed by atoms with Crippen molar-refractivity contribution in [2.45, 2.75) is 0 Å². The number of carbonyl (C=O) groups excluding carboxylic acids is 1. The van der Waals surface area contributed by atoms with Crippen LogP contribution in [0.15, 0.2) is 36.4 Å². The summed E-state index contributed by atoms with van der Waals surface area (Å²) in [5, 5.41) is 4.12. The molecule has 0 aromatic heterocycles. The summed E-state index contributed by atoms with van der Waals surface area (Å²) in [4.78, 5) is 11.6. The van der Waals surface area contributed by atoms with E-state index in [1.807, 2.05) is 0 Å². The van der Waals surface area contributed by atoms with Crippen molar-refractivity contribution < 1.29 is 9.53 Å². The maximum Gasteiger partial charge on any atom is 0.340 e. The Bertz CT molecular complexity index is 660. The van der Waals surface area contributed by atoms with Gasteiger partial charge in [0.15, 0.2) is 0 Å². The molecule has 0 aliphatic rings. The van der Waals surface area contributed by atoms with Gasteiger partial charge in [-0.05, 0) is 36.4 Å². The van der Waals surface area contributed by atoms with E-state index in [-0.39, 0.29) is 0 Å². The quantitative estimate of drug-likeness (QED) is 0.661. The van der Waals surface area contributed by atoms with Gasteiger partial charge in [0.05, 0.1) is 23.4 Å². The lowest BCUT2D eigenvalue weighted by molar-refractivity contribution is 0.0602. The fraction of sp³-hybridized carbons (Fsp3) is 0.0714. The molecule has 0 amide bonds. The average molecular weight is 311 g/mol. The first-order valence-corrected chi connectivity index (χ1v) is 6.47. The second-order valence-electron chi connectivity index (χ2n) is 4.04. The Balaban J connectivity index is 2.32. The zero-order chi connectivity index (χ0) is 14.7. The van der Waals surface area contributed by atoms with Crippen LogP contribution in [0.4, 0.5) is 17.1 Å². The summed E-state index contributed by atoms with van der Waals surface area (Å²) in [6.07, 6.45) is 0. The van der Waals surface area contributed by atoms with Crippen LogP contribution in [-0.4, -0.2) is 13.1 Å². The Hall–Kier alpha value is -1.91. The summed E-state index contributed by atoms with van der Waals surface area (Å²) < 4.78 is 4.67. The molecule has 0 saturated carbocycles. The number of nitrogen functional groups attached to an aromatic ring is 1. The van der Waals surface area contributed by atoms with Crippen LogP contribution in [-0.2, 0) is 4.74 Å². The van der Waals surface area contributed by atoms with E-state index in [0.29, 0.717) is 32.7 Å². The van der Waals surface area contributed by atoms with Gasteiger partial charge in [-0.15, -0.1) is 0 Å².